The van der Waals surface area contributed by atoms with Crippen LogP contribution in [0.1, 0.15) is 23.2 Å². The van der Waals surface area contributed by atoms with E-state index in [1.807, 2.05) is 6.92 Å². The van der Waals surface area contributed by atoms with Gasteiger partial charge in [0.2, 0.25) is 0 Å². The van der Waals surface area contributed by atoms with Gasteiger partial charge in [0.1, 0.15) is 18.0 Å². The molecule has 0 spiro atoms. The molecule has 0 fully saturated rings. The molecule has 0 unspecified atom stereocenters. The van der Waals surface area contributed by atoms with Crippen molar-refractivity contribution < 1.29 is 14.3 Å². The molecule has 3 aromatic rings. The van der Waals surface area contributed by atoms with Gasteiger partial charge < -0.3 is 9.52 Å². The Morgan fingerprint density at radius 1 is 1.48 bits per heavy atom. The highest BCUT2D eigenvalue weighted by Gasteiger charge is 2.22. The van der Waals surface area contributed by atoms with Gasteiger partial charge in [0.25, 0.3) is 0 Å². The maximum absolute atomic E-state index is 11.3. The Labute approximate surface area is 119 Å². The number of carbonyl (C=O) groups is 1. The van der Waals surface area contributed by atoms with Crippen LogP contribution in [0.5, 0.6) is 0 Å². The molecule has 3 aromatic heterocycles. The van der Waals surface area contributed by atoms with Gasteiger partial charge in [0.05, 0.1) is 12.5 Å². The van der Waals surface area contributed by atoms with Gasteiger partial charge in [-0.05, 0) is 19.1 Å². The van der Waals surface area contributed by atoms with E-state index in [1.54, 1.807) is 35.5 Å². The van der Waals surface area contributed by atoms with Gasteiger partial charge in [-0.25, -0.2) is 9.48 Å². The molecule has 8 heteroatoms. The molecular weight excluding hydrogens is 274 g/mol. The van der Waals surface area contributed by atoms with Crippen LogP contribution in [0.25, 0.3) is 11.3 Å². The minimum Gasteiger partial charge on any atom is -0.476 e. The highest BCUT2D eigenvalue weighted by atomic mass is 16.4. The number of carboxylic acid groups (broad SMARTS) is 1. The van der Waals surface area contributed by atoms with Crippen molar-refractivity contribution in [3.63, 3.8) is 0 Å². The predicted molar refractivity (Wildman–Crippen MR) is 71.7 cm³/mol. The zero-order valence-corrected chi connectivity index (χ0v) is 11.3. The van der Waals surface area contributed by atoms with Gasteiger partial charge in [-0.1, -0.05) is 5.21 Å². The van der Waals surface area contributed by atoms with Gasteiger partial charge in [-0.3, -0.25) is 4.68 Å². The van der Waals surface area contributed by atoms with Crippen LogP contribution in [0, 0.1) is 0 Å². The van der Waals surface area contributed by atoms with E-state index in [2.05, 4.69) is 15.4 Å². The molecule has 21 heavy (non-hydrogen) atoms. The van der Waals surface area contributed by atoms with Gasteiger partial charge in [-0.2, -0.15) is 5.10 Å². The first kappa shape index (κ1) is 13.1. The lowest BCUT2D eigenvalue weighted by Gasteiger charge is -2.03. The lowest BCUT2D eigenvalue weighted by atomic mass is 10.2. The first-order chi connectivity index (χ1) is 10.2. The monoisotopic (exact) mass is 287 g/mol. The Morgan fingerprint density at radius 2 is 2.33 bits per heavy atom. The van der Waals surface area contributed by atoms with Crippen LogP contribution in [0.4, 0.5) is 0 Å². The van der Waals surface area contributed by atoms with Gasteiger partial charge in [-0.15, -0.1) is 5.10 Å². The minimum atomic E-state index is -1.13. The van der Waals surface area contributed by atoms with Crippen molar-refractivity contribution in [3.05, 3.63) is 42.2 Å². The summed E-state index contributed by atoms with van der Waals surface area (Å²) in [7, 11) is 0. The molecule has 3 rings (SSSR count). The summed E-state index contributed by atoms with van der Waals surface area (Å²) in [6.45, 7) is 2.95. The maximum Gasteiger partial charge on any atom is 0.358 e. The van der Waals surface area contributed by atoms with E-state index in [0.29, 0.717) is 30.1 Å². The third-order valence-electron chi connectivity index (χ3n) is 3.05. The fourth-order valence-corrected chi connectivity index (χ4v) is 2.06. The van der Waals surface area contributed by atoms with Crippen LogP contribution in [0.3, 0.4) is 0 Å². The Bertz CT molecular complexity index is 757. The molecule has 0 bridgehead atoms. The van der Waals surface area contributed by atoms with Crippen molar-refractivity contribution >= 4 is 5.97 Å². The first-order valence-electron chi connectivity index (χ1n) is 6.41. The minimum absolute atomic E-state index is 0.0998. The van der Waals surface area contributed by atoms with E-state index in [0.717, 1.165) is 0 Å². The number of aryl methyl sites for hydroxylation is 1. The van der Waals surface area contributed by atoms with Crippen molar-refractivity contribution in [3.8, 4) is 11.3 Å². The summed E-state index contributed by atoms with van der Waals surface area (Å²) >= 11 is 0. The molecule has 0 aliphatic heterocycles. The molecule has 0 saturated carbocycles. The molecule has 1 N–H and O–H groups in total. The normalized spacial score (nSPS) is 10.9. The molecule has 0 atom stereocenters. The molecule has 0 aliphatic carbocycles. The highest BCUT2D eigenvalue weighted by molar-refractivity contribution is 5.92. The van der Waals surface area contributed by atoms with Crippen LogP contribution < -0.4 is 0 Å². The highest BCUT2D eigenvalue weighted by Crippen LogP contribution is 2.23. The second kappa shape index (κ2) is 5.23. The number of aromatic carboxylic acids is 1. The van der Waals surface area contributed by atoms with Crippen molar-refractivity contribution in [2.45, 2.75) is 20.0 Å². The van der Waals surface area contributed by atoms with Gasteiger partial charge in [0, 0.05) is 18.3 Å². The van der Waals surface area contributed by atoms with Crippen LogP contribution in [-0.4, -0.2) is 35.9 Å². The quantitative estimate of drug-likeness (QED) is 0.763. The molecule has 108 valence electrons. The second-order valence-electron chi connectivity index (χ2n) is 4.41. The summed E-state index contributed by atoms with van der Waals surface area (Å²) in [4.78, 5) is 11.3. The van der Waals surface area contributed by atoms with E-state index in [-0.39, 0.29) is 5.69 Å². The Kier molecular flexibility index (Phi) is 3.27. The van der Waals surface area contributed by atoms with E-state index < -0.39 is 5.97 Å². The number of nitrogens with zero attached hydrogens (tertiary/aromatic N) is 5. The third kappa shape index (κ3) is 2.42. The zero-order valence-electron chi connectivity index (χ0n) is 11.3. The number of carboxylic acids is 1. The number of hydrogen-bond donors (Lipinski definition) is 1. The summed E-state index contributed by atoms with van der Waals surface area (Å²) in [5.74, 6) is -0.457. The average molecular weight is 287 g/mol. The van der Waals surface area contributed by atoms with Crippen LogP contribution in [-0.2, 0) is 13.1 Å². The average Bonchev–Trinajstić information content (AvgIpc) is 3.18. The zero-order chi connectivity index (χ0) is 14.8. The molecule has 0 aliphatic rings. The molecule has 0 amide bonds. The maximum atomic E-state index is 11.3. The van der Waals surface area contributed by atoms with E-state index >= 15 is 0 Å². The summed E-state index contributed by atoms with van der Waals surface area (Å²) < 4.78 is 8.48. The summed E-state index contributed by atoms with van der Waals surface area (Å²) in [5, 5.41) is 21.1. The summed E-state index contributed by atoms with van der Waals surface area (Å²) in [6.07, 6.45) is 4.93. The molecule has 8 nitrogen and oxygen atoms in total. The van der Waals surface area contributed by atoms with Crippen LogP contribution >= 0.6 is 0 Å². The number of furan rings is 1. The summed E-state index contributed by atoms with van der Waals surface area (Å²) in [6, 6.07) is 3.56. The van der Waals surface area contributed by atoms with E-state index in [9.17, 15) is 9.90 Å². The number of hydrogen-bond acceptors (Lipinski definition) is 5. The fourth-order valence-electron chi connectivity index (χ4n) is 2.06. The first-order valence-corrected chi connectivity index (χ1v) is 6.41. The fraction of sp³-hybridized carbons (Fsp3) is 0.231. The molecule has 3 heterocycles. The lowest BCUT2D eigenvalue weighted by molar-refractivity contribution is 0.0691. The number of aromatic nitrogens is 5. The molecule has 0 radical (unpaired) electrons. The van der Waals surface area contributed by atoms with Crippen molar-refractivity contribution in [1.82, 2.24) is 24.8 Å². The largest absolute Gasteiger partial charge is 0.476 e. The van der Waals surface area contributed by atoms with Gasteiger partial charge in [0.15, 0.2) is 5.69 Å². The Hall–Kier alpha value is -2.90. The standard InChI is InChI=1S/C13H13N5O3/c1-2-17-7-9(6-14-17)12-11(13(19)20)15-16-18(12)8-10-4-3-5-21-10/h3-7H,2,8H2,1H3,(H,19,20). The third-order valence-corrected chi connectivity index (χ3v) is 3.05. The van der Waals surface area contributed by atoms with E-state index in [4.69, 9.17) is 4.42 Å². The smallest absolute Gasteiger partial charge is 0.358 e. The SMILES string of the molecule is CCn1cc(-c2c(C(=O)O)nnn2Cc2ccco2)cn1. The Balaban J connectivity index is 2.06. The topological polar surface area (TPSA) is 99.0 Å². The van der Waals surface area contributed by atoms with Crippen molar-refractivity contribution in [2.75, 3.05) is 0 Å². The summed E-state index contributed by atoms with van der Waals surface area (Å²) in [5.41, 5.74) is 0.974. The number of rotatable bonds is 5. The lowest BCUT2D eigenvalue weighted by Crippen LogP contribution is -2.05. The molecule has 0 saturated heterocycles. The second-order valence-corrected chi connectivity index (χ2v) is 4.41. The van der Waals surface area contributed by atoms with Crippen LogP contribution in [0.2, 0.25) is 0 Å². The predicted octanol–water partition coefficient (Wildman–Crippen LogP) is 1.50. The molecule has 0 aromatic carbocycles. The van der Waals surface area contributed by atoms with Gasteiger partial charge >= 0.3 is 5.97 Å². The Morgan fingerprint density at radius 3 is 2.95 bits per heavy atom. The van der Waals surface area contributed by atoms with Crippen molar-refractivity contribution in [2.24, 2.45) is 0 Å². The van der Waals surface area contributed by atoms with Crippen molar-refractivity contribution in [1.29, 1.82) is 0 Å². The van der Waals surface area contributed by atoms with Crippen LogP contribution in [0.15, 0.2) is 35.2 Å². The van der Waals surface area contributed by atoms with E-state index in [1.165, 1.54) is 4.68 Å². The molecular formula is C13H13N5O3.